The van der Waals surface area contributed by atoms with E-state index < -0.39 is 16.5 Å². The largest absolute Gasteiger partial charge is 0.425 e. The maximum absolute atomic E-state index is 2.77. The summed E-state index contributed by atoms with van der Waals surface area (Å²) in [6.07, 6.45) is 1.01. The third-order valence-electron chi connectivity index (χ3n) is 4.07. The Morgan fingerprint density at radius 3 is 1.43 bits per heavy atom. The van der Waals surface area contributed by atoms with Crippen molar-refractivity contribution < 1.29 is 0 Å². The lowest BCUT2D eigenvalue weighted by Gasteiger charge is -2.46. The van der Waals surface area contributed by atoms with Crippen LogP contribution in [0.4, 0.5) is 5.69 Å². The Hall–Kier alpha value is -1.33. The molecular weight excluding hydrogens is 310 g/mol. The minimum atomic E-state index is -1.37. The lowest BCUT2D eigenvalue weighted by Crippen LogP contribution is -2.59. The van der Waals surface area contributed by atoms with E-state index in [1.807, 2.05) is 0 Å². The van der Waals surface area contributed by atoms with Gasteiger partial charge >= 0.3 is 0 Å². The van der Waals surface area contributed by atoms with E-state index in [-0.39, 0.29) is 0 Å². The lowest BCUT2D eigenvalue weighted by atomic mass is 10.0. The van der Waals surface area contributed by atoms with Crippen LogP contribution in [0.1, 0.15) is 16.7 Å². The van der Waals surface area contributed by atoms with Crippen LogP contribution >= 0.6 is 0 Å². The van der Waals surface area contributed by atoms with Crippen LogP contribution in [0, 0.1) is 6.92 Å². The van der Waals surface area contributed by atoms with Crippen LogP contribution in [0.5, 0.6) is 0 Å². The maximum Gasteiger partial charge on any atom is 0.138 e. The quantitative estimate of drug-likeness (QED) is 0.597. The summed E-state index contributed by atoms with van der Waals surface area (Å²) in [6, 6.07) is 18.1. The molecule has 3 heteroatoms. The Bertz CT molecular complexity index is 617. The van der Waals surface area contributed by atoms with Crippen molar-refractivity contribution in [1.29, 1.82) is 0 Å². The predicted octanol–water partition coefficient (Wildman–Crippen LogP) is 6.06. The first-order valence-electron chi connectivity index (χ1n) is 8.52. The highest BCUT2D eigenvalue weighted by Gasteiger charge is 2.34. The summed E-state index contributed by atoms with van der Waals surface area (Å²) in [7, 11) is -2.73. The number of hydrogen-bond donors (Lipinski definition) is 0. The molecule has 0 aliphatic carbocycles. The van der Waals surface area contributed by atoms with Crippen LogP contribution in [0.25, 0.3) is 0 Å². The van der Waals surface area contributed by atoms with Crippen molar-refractivity contribution in [2.75, 3.05) is 4.23 Å². The Balaban J connectivity index is 2.22. The first kappa shape index (κ1) is 18.0. The molecule has 0 fully saturated rings. The maximum atomic E-state index is 2.77. The summed E-state index contributed by atoms with van der Waals surface area (Å²) in [6.45, 7) is 16.8. The van der Waals surface area contributed by atoms with E-state index >= 15 is 0 Å². The van der Waals surface area contributed by atoms with Gasteiger partial charge in [0.15, 0.2) is 0 Å². The summed E-state index contributed by atoms with van der Waals surface area (Å²) in [5.74, 6) is 0. The van der Waals surface area contributed by atoms with E-state index in [0.717, 1.165) is 6.42 Å². The highest BCUT2D eigenvalue weighted by Crippen LogP contribution is 2.28. The first-order chi connectivity index (χ1) is 10.6. The fourth-order valence-electron chi connectivity index (χ4n) is 3.49. The predicted molar refractivity (Wildman–Crippen MR) is 110 cm³/mol. The normalized spacial score (nSPS) is 12.3. The van der Waals surface area contributed by atoms with Crippen LogP contribution in [-0.2, 0) is 6.42 Å². The molecule has 0 heterocycles. The molecule has 0 N–H and O–H groups in total. The topological polar surface area (TPSA) is 3.24 Å². The van der Waals surface area contributed by atoms with Crippen molar-refractivity contribution in [3.05, 3.63) is 65.2 Å². The average molecular weight is 342 g/mol. The van der Waals surface area contributed by atoms with Gasteiger partial charge in [-0.25, -0.2) is 0 Å². The Morgan fingerprint density at radius 1 is 0.652 bits per heavy atom. The molecule has 0 spiro atoms. The van der Waals surface area contributed by atoms with E-state index in [1.165, 1.54) is 22.4 Å². The molecule has 23 heavy (non-hydrogen) atoms. The smallest absolute Gasteiger partial charge is 0.138 e. The van der Waals surface area contributed by atoms with Gasteiger partial charge in [-0.2, -0.15) is 0 Å². The van der Waals surface area contributed by atoms with Gasteiger partial charge in [0.1, 0.15) is 16.5 Å². The number of anilines is 1. The molecule has 0 aliphatic heterocycles. The molecule has 0 radical (unpaired) electrons. The number of rotatable bonds is 5. The lowest BCUT2D eigenvalue weighted by molar-refractivity contribution is 1.18. The summed E-state index contributed by atoms with van der Waals surface area (Å²) < 4.78 is 2.77. The zero-order chi connectivity index (χ0) is 17.3. The Kier molecular flexibility index (Phi) is 5.21. The molecule has 0 aromatic heterocycles. The van der Waals surface area contributed by atoms with Crippen molar-refractivity contribution in [2.24, 2.45) is 0 Å². The molecule has 1 nitrogen and oxygen atoms in total. The minimum Gasteiger partial charge on any atom is -0.425 e. The third-order valence-corrected chi connectivity index (χ3v) is 11.3. The zero-order valence-corrected chi connectivity index (χ0v) is 17.8. The van der Waals surface area contributed by atoms with Crippen molar-refractivity contribution >= 4 is 22.2 Å². The Labute approximate surface area is 144 Å². The van der Waals surface area contributed by atoms with Crippen LogP contribution in [-0.4, -0.2) is 16.5 Å². The van der Waals surface area contributed by atoms with Crippen molar-refractivity contribution in [3.8, 4) is 0 Å². The molecule has 2 rings (SSSR count). The van der Waals surface area contributed by atoms with E-state index in [4.69, 9.17) is 0 Å². The monoisotopic (exact) mass is 341 g/mol. The fraction of sp³-hybridized carbons (Fsp3) is 0.400. The molecule has 0 atom stereocenters. The summed E-state index contributed by atoms with van der Waals surface area (Å²) >= 11 is 0. The van der Waals surface area contributed by atoms with Gasteiger partial charge in [-0.3, -0.25) is 0 Å². The van der Waals surface area contributed by atoms with Gasteiger partial charge in [-0.05, 0) is 36.6 Å². The first-order valence-corrected chi connectivity index (χ1v) is 15.4. The third kappa shape index (κ3) is 4.82. The number of aryl methyl sites for hydroxylation is 1. The average Bonchev–Trinajstić information content (AvgIpc) is 2.40. The molecule has 0 saturated heterocycles. The van der Waals surface area contributed by atoms with Crippen molar-refractivity contribution in [1.82, 2.24) is 0 Å². The van der Waals surface area contributed by atoms with E-state index in [2.05, 4.69) is 99.0 Å². The minimum absolute atomic E-state index is 1.01. The highest BCUT2D eigenvalue weighted by molar-refractivity contribution is 6.99. The van der Waals surface area contributed by atoms with Gasteiger partial charge in [-0.1, -0.05) is 81.2 Å². The molecule has 2 aromatic rings. The standard InChI is InChI=1S/C20H31NSi2/c1-17-8-10-18(11-9-17)16-19-12-14-20(15-13-19)21(22(2,3)4)23(5,6)7/h8-15H,16H2,1-7H3. The van der Waals surface area contributed by atoms with E-state index in [9.17, 15) is 0 Å². The Morgan fingerprint density at radius 2 is 1.04 bits per heavy atom. The zero-order valence-electron chi connectivity index (χ0n) is 15.8. The van der Waals surface area contributed by atoms with Gasteiger partial charge in [0, 0.05) is 5.69 Å². The number of nitrogens with zero attached hydrogens (tertiary/aromatic N) is 1. The van der Waals surface area contributed by atoms with Crippen LogP contribution in [0.15, 0.2) is 48.5 Å². The fourth-order valence-corrected chi connectivity index (χ4v) is 13.4. The highest BCUT2D eigenvalue weighted by atomic mass is 28.4. The molecule has 124 valence electrons. The van der Waals surface area contributed by atoms with Crippen molar-refractivity contribution in [3.63, 3.8) is 0 Å². The second kappa shape index (κ2) is 6.66. The second-order valence-corrected chi connectivity index (χ2v) is 18.5. The molecular formula is C20H31NSi2. The number of benzene rings is 2. The second-order valence-electron chi connectivity index (χ2n) is 8.51. The van der Waals surface area contributed by atoms with E-state index in [1.54, 1.807) is 0 Å². The SMILES string of the molecule is Cc1ccc(Cc2ccc(N([Si](C)(C)C)[Si](C)(C)C)cc2)cc1. The summed E-state index contributed by atoms with van der Waals surface area (Å²) in [5, 5.41) is 0. The summed E-state index contributed by atoms with van der Waals surface area (Å²) in [5.41, 5.74) is 5.51. The molecule has 2 aromatic carbocycles. The van der Waals surface area contributed by atoms with Crippen LogP contribution in [0.2, 0.25) is 39.3 Å². The van der Waals surface area contributed by atoms with E-state index in [0.29, 0.717) is 0 Å². The van der Waals surface area contributed by atoms with Gasteiger partial charge in [-0.15, -0.1) is 0 Å². The molecule has 0 unspecified atom stereocenters. The van der Waals surface area contributed by atoms with Gasteiger partial charge in [0.2, 0.25) is 0 Å². The van der Waals surface area contributed by atoms with Gasteiger partial charge in [0.05, 0.1) is 0 Å². The van der Waals surface area contributed by atoms with Crippen LogP contribution < -0.4 is 4.23 Å². The molecule has 0 aliphatic rings. The molecule has 0 amide bonds. The molecule has 0 bridgehead atoms. The van der Waals surface area contributed by atoms with Gasteiger partial charge in [0.25, 0.3) is 0 Å². The number of hydrogen-bond acceptors (Lipinski definition) is 1. The summed E-state index contributed by atoms with van der Waals surface area (Å²) in [4.78, 5) is 0. The molecule has 0 saturated carbocycles. The van der Waals surface area contributed by atoms with Crippen LogP contribution in [0.3, 0.4) is 0 Å². The van der Waals surface area contributed by atoms with Crippen molar-refractivity contribution in [2.45, 2.75) is 52.6 Å². The van der Waals surface area contributed by atoms with Gasteiger partial charge < -0.3 is 4.23 Å².